The van der Waals surface area contributed by atoms with Crippen LogP contribution in [-0.4, -0.2) is 45.2 Å². The van der Waals surface area contributed by atoms with E-state index in [1.165, 1.54) is 0 Å². The van der Waals surface area contributed by atoms with Crippen LogP contribution in [0.5, 0.6) is 0 Å². The molecule has 0 bridgehead atoms. The zero-order valence-electron chi connectivity index (χ0n) is 16.4. The van der Waals surface area contributed by atoms with Crippen LogP contribution in [0.3, 0.4) is 0 Å². The topological polar surface area (TPSA) is 88.5 Å². The van der Waals surface area contributed by atoms with Crippen molar-refractivity contribution in [1.82, 2.24) is 19.5 Å². The Hall–Kier alpha value is -2.80. The standard InChI is InChI=1S/C21H25ClN6O/c1-14-12-25-28-19(24-9-8-15-5-4-10-27(13-15)21(23)29)11-18(26-20(14)28)16-6-2-3-7-17(16)22/h2-3,6-7,11-12,15,24H,4-5,8-10,13H2,1H3,(H2,23,29). The molecule has 152 valence electrons. The lowest BCUT2D eigenvalue weighted by Gasteiger charge is -2.31. The zero-order valence-corrected chi connectivity index (χ0v) is 17.2. The minimum absolute atomic E-state index is 0.324. The number of nitrogens with one attached hydrogen (secondary N) is 1. The second-order valence-electron chi connectivity index (χ2n) is 7.58. The Morgan fingerprint density at radius 2 is 2.21 bits per heavy atom. The van der Waals surface area contributed by atoms with E-state index in [-0.39, 0.29) is 6.03 Å². The average molecular weight is 413 g/mol. The van der Waals surface area contributed by atoms with Gasteiger partial charge in [0, 0.05) is 41.9 Å². The van der Waals surface area contributed by atoms with Crippen LogP contribution in [0.2, 0.25) is 5.02 Å². The third kappa shape index (κ3) is 4.15. The number of hydrogen-bond donors (Lipinski definition) is 2. The summed E-state index contributed by atoms with van der Waals surface area (Å²) < 4.78 is 1.83. The largest absolute Gasteiger partial charge is 0.370 e. The van der Waals surface area contributed by atoms with Crippen LogP contribution < -0.4 is 11.1 Å². The van der Waals surface area contributed by atoms with Crippen molar-refractivity contribution in [1.29, 1.82) is 0 Å². The molecule has 8 heteroatoms. The lowest BCUT2D eigenvalue weighted by atomic mass is 9.95. The summed E-state index contributed by atoms with van der Waals surface area (Å²) in [7, 11) is 0. The van der Waals surface area contributed by atoms with E-state index in [9.17, 15) is 4.79 Å². The molecule has 3 N–H and O–H groups in total. The van der Waals surface area contributed by atoms with Crippen LogP contribution in [0, 0.1) is 12.8 Å². The maximum atomic E-state index is 11.4. The van der Waals surface area contributed by atoms with E-state index in [2.05, 4.69) is 10.4 Å². The molecule has 2 aromatic heterocycles. The van der Waals surface area contributed by atoms with Gasteiger partial charge in [0.25, 0.3) is 0 Å². The van der Waals surface area contributed by atoms with Gasteiger partial charge in [-0.25, -0.2) is 9.78 Å². The van der Waals surface area contributed by atoms with Gasteiger partial charge in [-0.1, -0.05) is 29.8 Å². The Bertz CT molecular complexity index is 1030. The maximum Gasteiger partial charge on any atom is 0.314 e. The number of primary amides is 1. The first kappa shape index (κ1) is 19.5. The number of hydrogen-bond acceptors (Lipinski definition) is 4. The Balaban J connectivity index is 1.54. The first-order valence-corrected chi connectivity index (χ1v) is 10.3. The SMILES string of the molecule is Cc1cnn2c(NCCC3CCCN(C(N)=O)C3)cc(-c3ccccc3Cl)nc12. The van der Waals surface area contributed by atoms with Crippen molar-refractivity contribution in [2.24, 2.45) is 11.7 Å². The third-order valence-corrected chi connectivity index (χ3v) is 5.82. The number of carbonyl (C=O) groups is 1. The first-order valence-electron chi connectivity index (χ1n) is 9.91. The van der Waals surface area contributed by atoms with Crippen molar-refractivity contribution in [3.63, 3.8) is 0 Å². The number of carbonyl (C=O) groups excluding carboxylic acids is 1. The minimum Gasteiger partial charge on any atom is -0.370 e. The number of benzene rings is 1. The second-order valence-corrected chi connectivity index (χ2v) is 7.98. The van der Waals surface area contributed by atoms with Crippen molar-refractivity contribution < 1.29 is 4.79 Å². The molecule has 1 fully saturated rings. The molecule has 1 aliphatic rings. The Morgan fingerprint density at radius 1 is 1.38 bits per heavy atom. The highest BCUT2D eigenvalue weighted by molar-refractivity contribution is 6.33. The predicted octanol–water partition coefficient (Wildman–Crippen LogP) is 3.95. The van der Waals surface area contributed by atoms with Gasteiger partial charge in [0.2, 0.25) is 0 Å². The zero-order chi connectivity index (χ0) is 20.4. The Morgan fingerprint density at radius 3 is 3.00 bits per heavy atom. The van der Waals surface area contributed by atoms with E-state index in [0.29, 0.717) is 10.9 Å². The number of aryl methyl sites for hydroxylation is 1. The molecule has 1 unspecified atom stereocenters. The quantitative estimate of drug-likeness (QED) is 0.664. The number of piperidine rings is 1. The molecule has 0 aliphatic carbocycles. The van der Waals surface area contributed by atoms with E-state index < -0.39 is 0 Å². The van der Waals surface area contributed by atoms with Crippen LogP contribution in [-0.2, 0) is 0 Å². The number of anilines is 1. The van der Waals surface area contributed by atoms with Gasteiger partial charge in [-0.2, -0.15) is 9.61 Å². The molecule has 1 atom stereocenters. The van der Waals surface area contributed by atoms with Gasteiger partial charge in [-0.05, 0) is 38.2 Å². The minimum atomic E-state index is -0.324. The second kappa shape index (κ2) is 8.29. The number of likely N-dealkylation sites (tertiary alicyclic amines) is 1. The van der Waals surface area contributed by atoms with Crippen molar-refractivity contribution in [2.45, 2.75) is 26.2 Å². The molecule has 7 nitrogen and oxygen atoms in total. The van der Waals surface area contributed by atoms with Crippen LogP contribution in [0.1, 0.15) is 24.8 Å². The van der Waals surface area contributed by atoms with Crippen molar-refractivity contribution in [3.8, 4) is 11.3 Å². The average Bonchev–Trinajstić information content (AvgIpc) is 3.09. The number of amides is 2. The highest BCUT2D eigenvalue weighted by atomic mass is 35.5. The molecule has 29 heavy (non-hydrogen) atoms. The highest BCUT2D eigenvalue weighted by Gasteiger charge is 2.22. The molecule has 3 heterocycles. The van der Waals surface area contributed by atoms with Crippen LogP contribution >= 0.6 is 11.6 Å². The van der Waals surface area contributed by atoms with Gasteiger partial charge in [0.1, 0.15) is 5.82 Å². The molecule has 1 aliphatic heterocycles. The van der Waals surface area contributed by atoms with E-state index in [0.717, 1.165) is 67.2 Å². The molecule has 4 rings (SSSR count). The Kier molecular flexibility index (Phi) is 5.58. The summed E-state index contributed by atoms with van der Waals surface area (Å²) in [6, 6.07) is 9.36. The smallest absolute Gasteiger partial charge is 0.314 e. The van der Waals surface area contributed by atoms with E-state index >= 15 is 0 Å². The van der Waals surface area contributed by atoms with Gasteiger partial charge in [-0.3, -0.25) is 0 Å². The third-order valence-electron chi connectivity index (χ3n) is 5.49. The van der Waals surface area contributed by atoms with E-state index in [4.69, 9.17) is 22.3 Å². The number of nitrogens with two attached hydrogens (primary N) is 1. The van der Waals surface area contributed by atoms with Gasteiger partial charge < -0.3 is 16.0 Å². The monoisotopic (exact) mass is 412 g/mol. The number of halogens is 1. The molecule has 3 aromatic rings. The molecule has 0 radical (unpaired) electrons. The number of fused-ring (bicyclic) bond motifs is 1. The van der Waals surface area contributed by atoms with Crippen LogP contribution in [0.15, 0.2) is 36.5 Å². The molecule has 0 saturated carbocycles. The van der Waals surface area contributed by atoms with Crippen molar-refractivity contribution in [2.75, 3.05) is 25.0 Å². The Labute approximate surface area is 174 Å². The summed E-state index contributed by atoms with van der Waals surface area (Å²) >= 11 is 6.40. The molecular formula is C21H25ClN6O. The van der Waals surface area contributed by atoms with Crippen molar-refractivity contribution >= 4 is 29.1 Å². The summed E-state index contributed by atoms with van der Waals surface area (Å²) in [6.07, 6.45) is 4.89. The molecule has 0 spiro atoms. The summed E-state index contributed by atoms with van der Waals surface area (Å²) in [5, 5.41) is 8.64. The summed E-state index contributed by atoms with van der Waals surface area (Å²) in [6.45, 7) is 4.26. The summed E-state index contributed by atoms with van der Waals surface area (Å²) in [4.78, 5) is 18.0. The molecule has 1 aromatic carbocycles. The van der Waals surface area contributed by atoms with Gasteiger partial charge in [0.05, 0.1) is 11.9 Å². The molecule has 1 saturated heterocycles. The van der Waals surface area contributed by atoms with Gasteiger partial charge in [0.15, 0.2) is 5.65 Å². The molecule has 2 amide bonds. The van der Waals surface area contributed by atoms with E-state index in [1.807, 2.05) is 48.0 Å². The predicted molar refractivity (Wildman–Crippen MR) is 115 cm³/mol. The first-order chi connectivity index (χ1) is 14.0. The fraction of sp³-hybridized carbons (Fsp3) is 0.381. The normalized spacial score (nSPS) is 16.9. The van der Waals surface area contributed by atoms with Crippen LogP contribution in [0.4, 0.5) is 10.6 Å². The van der Waals surface area contributed by atoms with Crippen molar-refractivity contribution in [3.05, 3.63) is 47.1 Å². The number of aromatic nitrogens is 3. The highest BCUT2D eigenvalue weighted by Crippen LogP contribution is 2.29. The number of urea groups is 1. The number of nitrogens with zero attached hydrogens (tertiary/aromatic N) is 4. The maximum absolute atomic E-state index is 11.4. The fourth-order valence-electron chi connectivity index (χ4n) is 3.91. The molecular weight excluding hydrogens is 388 g/mol. The summed E-state index contributed by atoms with van der Waals surface area (Å²) in [5.41, 5.74) is 8.96. The lowest BCUT2D eigenvalue weighted by Crippen LogP contribution is -2.43. The lowest BCUT2D eigenvalue weighted by molar-refractivity contribution is 0.171. The summed E-state index contributed by atoms with van der Waals surface area (Å²) in [5.74, 6) is 1.32. The van der Waals surface area contributed by atoms with E-state index in [1.54, 1.807) is 4.90 Å². The van der Waals surface area contributed by atoms with Crippen LogP contribution in [0.25, 0.3) is 16.9 Å². The van der Waals surface area contributed by atoms with Gasteiger partial charge in [-0.15, -0.1) is 0 Å². The van der Waals surface area contributed by atoms with Gasteiger partial charge >= 0.3 is 6.03 Å². The number of rotatable bonds is 5. The fourth-order valence-corrected chi connectivity index (χ4v) is 4.14.